The van der Waals surface area contributed by atoms with E-state index >= 15 is 0 Å². The molecule has 48 valence electrons. The number of hydrogen-bond acceptors (Lipinski definition) is 3. The summed E-state index contributed by atoms with van der Waals surface area (Å²) >= 11 is 0. The molecule has 0 saturated heterocycles. The Morgan fingerprint density at radius 2 is 2.67 bits per heavy atom. The van der Waals surface area contributed by atoms with E-state index in [0.717, 1.165) is 0 Å². The van der Waals surface area contributed by atoms with Crippen molar-refractivity contribution in [3.8, 4) is 5.75 Å². The Hall–Kier alpha value is -1.25. The average Bonchev–Trinajstić information content (AvgIpc) is 1.82. The predicted octanol–water partition coefficient (Wildman–Crippen LogP) is 0.672. The number of aromatic nitrogens is 1. The first-order valence-corrected chi connectivity index (χ1v) is 2.37. The lowest BCUT2D eigenvalue weighted by molar-refractivity contribution is 0.413. The van der Waals surface area contributed by atoms with Crippen LogP contribution < -0.4 is 10.5 Å². The maximum atomic E-state index is 6.78. The first-order chi connectivity index (χ1) is 5.47. The van der Waals surface area contributed by atoms with E-state index in [1.165, 1.54) is 18.5 Å². The summed E-state index contributed by atoms with van der Waals surface area (Å²) in [6.45, 7) is 0. The summed E-state index contributed by atoms with van der Waals surface area (Å²) in [6.07, 6.45) is 2.70. The minimum absolute atomic E-state index is 0.148. The first-order valence-electron chi connectivity index (χ1n) is 3.87. The molecule has 3 heteroatoms. The second-order valence-electron chi connectivity index (χ2n) is 1.56. The fraction of sp³-hybridized carbons (Fsp3) is 0.167. The Balaban J connectivity index is 2.77. The van der Waals surface area contributed by atoms with Gasteiger partial charge in [0.25, 0.3) is 0 Å². The fourth-order valence-corrected chi connectivity index (χ4v) is 0.491. The maximum absolute atomic E-state index is 6.78. The van der Waals surface area contributed by atoms with Crippen LogP contribution >= 0.6 is 0 Å². The monoisotopic (exact) mass is 127 g/mol. The summed E-state index contributed by atoms with van der Waals surface area (Å²) in [6, 6.07) is 1.40. The molecule has 9 heavy (non-hydrogen) atoms. The van der Waals surface area contributed by atoms with E-state index in [9.17, 15) is 0 Å². The molecule has 1 heterocycles. The van der Waals surface area contributed by atoms with Crippen molar-refractivity contribution >= 4 is 5.69 Å². The zero-order valence-electron chi connectivity index (χ0n) is 7.66. The maximum Gasteiger partial charge on any atom is 0.139 e. The second kappa shape index (κ2) is 2.35. The van der Waals surface area contributed by atoms with Crippen LogP contribution in [0.2, 0.25) is 0 Å². The van der Waals surface area contributed by atoms with Crippen molar-refractivity contribution in [2.45, 2.75) is 0 Å². The van der Waals surface area contributed by atoms with Gasteiger partial charge >= 0.3 is 0 Å². The molecule has 0 unspecified atom stereocenters. The molecule has 1 rings (SSSR count). The molecule has 0 atom stereocenters. The molecule has 0 saturated carbocycles. The van der Waals surface area contributed by atoms with Crippen molar-refractivity contribution < 1.29 is 8.85 Å². The van der Waals surface area contributed by atoms with E-state index in [4.69, 9.17) is 9.85 Å². The number of rotatable bonds is 1. The normalized spacial score (nSPS) is 15.3. The highest BCUT2D eigenvalue weighted by Crippen LogP contribution is 2.10. The van der Waals surface area contributed by atoms with Crippen LogP contribution in [0.3, 0.4) is 0 Å². The number of methoxy groups -OCH3 is 1. The van der Waals surface area contributed by atoms with Crippen molar-refractivity contribution in [1.29, 1.82) is 0 Å². The van der Waals surface area contributed by atoms with E-state index in [0.29, 0.717) is 5.69 Å². The number of nitrogens with two attached hydrogens (primary N) is 1. The van der Waals surface area contributed by atoms with E-state index in [1.54, 1.807) is 0 Å². The Labute approximate surface area is 57.7 Å². The number of ether oxygens (including phenoxy) is 1. The van der Waals surface area contributed by atoms with Crippen LogP contribution in [-0.4, -0.2) is 12.0 Å². The van der Waals surface area contributed by atoms with Gasteiger partial charge in [0.05, 0.1) is 29.2 Å². The van der Waals surface area contributed by atoms with Crippen LogP contribution in [0, 0.1) is 0 Å². The van der Waals surface area contributed by atoms with Crippen molar-refractivity contribution in [1.82, 2.24) is 4.98 Å². The highest BCUT2D eigenvalue weighted by molar-refractivity contribution is 5.39. The summed E-state index contributed by atoms with van der Waals surface area (Å²) in [5, 5.41) is 0. The Morgan fingerprint density at radius 1 is 1.78 bits per heavy atom. The van der Waals surface area contributed by atoms with Gasteiger partial charge in [0.1, 0.15) is 5.75 Å². The van der Waals surface area contributed by atoms with Gasteiger partial charge in [-0.3, -0.25) is 4.98 Å². The van der Waals surface area contributed by atoms with Crippen molar-refractivity contribution in [3.05, 3.63) is 18.5 Å². The van der Waals surface area contributed by atoms with Gasteiger partial charge in [0, 0.05) is 6.07 Å². The van der Waals surface area contributed by atoms with Crippen LogP contribution in [0.5, 0.6) is 5.75 Å². The predicted molar refractivity (Wildman–Crippen MR) is 35.2 cm³/mol. The molecular weight excluding hydrogens is 116 g/mol. The molecule has 0 bridgehead atoms. The lowest BCUT2D eigenvalue weighted by Crippen LogP contribution is -1.88. The third kappa shape index (κ3) is 1.32. The van der Waals surface area contributed by atoms with Gasteiger partial charge in [-0.15, -0.1) is 0 Å². The molecule has 0 aliphatic carbocycles. The Kier molecular flexibility index (Phi) is 0.797. The summed E-state index contributed by atoms with van der Waals surface area (Å²) in [4.78, 5) is 3.67. The third-order valence-electron chi connectivity index (χ3n) is 0.852. The number of anilines is 1. The molecule has 0 fully saturated rings. The molecule has 1 aromatic rings. The highest BCUT2D eigenvalue weighted by atomic mass is 16.5. The van der Waals surface area contributed by atoms with Crippen molar-refractivity contribution in [2.75, 3.05) is 12.8 Å². The number of nitrogen functional groups attached to an aromatic ring is 1. The first kappa shape index (κ1) is 3.06. The van der Waals surface area contributed by atoms with E-state index in [-0.39, 0.29) is 5.75 Å². The molecular formula is C6H8N2O. The molecule has 0 radical (unpaired) electrons. The summed E-state index contributed by atoms with van der Waals surface area (Å²) in [7, 11) is -2.45. The van der Waals surface area contributed by atoms with E-state index in [2.05, 4.69) is 9.72 Å². The third-order valence-corrected chi connectivity index (χ3v) is 0.852. The van der Waals surface area contributed by atoms with Gasteiger partial charge in [-0.25, -0.2) is 0 Å². The number of nitrogens with zero attached hydrogens (tertiary/aromatic N) is 1. The van der Waals surface area contributed by atoms with Gasteiger partial charge in [0.15, 0.2) is 0 Å². The minimum Gasteiger partial charge on any atom is -0.495 e. The second-order valence-corrected chi connectivity index (χ2v) is 1.56. The summed E-state index contributed by atoms with van der Waals surface area (Å²) in [5.41, 5.74) is 5.72. The molecule has 3 nitrogen and oxygen atoms in total. The molecule has 0 spiro atoms. The van der Waals surface area contributed by atoms with Crippen LogP contribution in [-0.2, 0) is 0 Å². The fourth-order valence-electron chi connectivity index (χ4n) is 0.491. The van der Waals surface area contributed by atoms with E-state index in [1.807, 2.05) is 0 Å². The molecule has 1 aromatic heterocycles. The van der Waals surface area contributed by atoms with Gasteiger partial charge in [0.2, 0.25) is 0 Å². The quantitative estimate of drug-likeness (QED) is 0.603. The topological polar surface area (TPSA) is 48.1 Å². The zero-order chi connectivity index (χ0) is 9.19. The van der Waals surface area contributed by atoms with Crippen LogP contribution in [0.25, 0.3) is 0 Å². The van der Waals surface area contributed by atoms with Crippen LogP contribution in [0.4, 0.5) is 5.69 Å². The lowest BCUT2D eigenvalue weighted by Gasteiger charge is -1.97. The lowest BCUT2D eigenvalue weighted by atomic mass is 10.4. The number of pyridine rings is 1. The zero-order valence-corrected chi connectivity index (χ0v) is 4.66. The van der Waals surface area contributed by atoms with Gasteiger partial charge in [-0.1, -0.05) is 0 Å². The molecule has 0 aliphatic rings. The SMILES string of the molecule is [2H]C([2H])([2H])Oc1cncc(N)c1. The van der Waals surface area contributed by atoms with Gasteiger partial charge in [-0.05, 0) is 0 Å². The highest BCUT2D eigenvalue weighted by Gasteiger charge is 1.88. The van der Waals surface area contributed by atoms with E-state index < -0.39 is 7.04 Å². The summed E-state index contributed by atoms with van der Waals surface area (Å²) < 4.78 is 24.9. The van der Waals surface area contributed by atoms with Crippen molar-refractivity contribution in [3.63, 3.8) is 0 Å². The minimum atomic E-state index is -2.45. The standard InChI is InChI=1S/C6H8N2O/c1-9-6-2-5(7)3-8-4-6/h2-4H,7H2,1H3/i1D3. The van der Waals surface area contributed by atoms with Crippen LogP contribution in [0.1, 0.15) is 4.11 Å². The smallest absolute Gasteiger partial charge is 0.139 e. The van der Waals surface area contributed by atoms with Gasteiger partial charge in [-0.2, -0.15) is 0 Å². The molecule has 0 amide bonds. The largest absolute Gasteiger partial charge is 0.495 e. The van der Waals surface area contributed by atoms with Crippen LogP contribution in [0.15, 0.2) is 18.5 Å². The van der Waals surface area contributed by atoms with Gasteiger partial charge < -0.3 is 10.5 Å². The Morgan fingerprint density at radius 3 is 3.33 bits per heavy atom. The summed E-state index contributed by atoms with van der Waals surface area (Å²) in [5.74, 6) is 0.148. The molecule has 2 N–H and O–H groups in total. The average molecular weight is 127 g/mol. The molecule has 0 aliphatic heterocycles. The molecule has 0 aromatic carbocycles. The Bertz CT molecular complexity index is 274. The number of hydrogen-bond donors (Lipinski definition) is 1. The van der Waals surface area contributed by atoms with Crippen molar-refractivity contribution in [2.24, 2.45) is 0 Å².